The Bertz CT molecular complexity index is 416. The topological polar surface area (TPSA) is 64.4 Å². The molecule has 1 fully saturated rings. The van der Waals surface area contributed by atoms with Crippen LogP contribution in [0.4, 0.5) is 11.4 Å². The standard InChI is InChI=1S/C12H16N2O3/c1-17-12-6-10(5-11(7-12)14(15)16)13-8-9-3-2-4-9/h5-7,9,13H,2-4,8H2,1H3. The average molecular weight is 236 g/mol. The van der Waals surface area contributed by atoms with Gasteiger partial charge in [0, 0.05) is 24.4 Å². The van der Waals surface area contributed by atoms with Gasteiger partial charge in [-0.1, -0.05) is 6.42 Å². The van der Waals surface area contributed by atoms with Crippen molar-refractivity contribution in [3.05, 3.63) is 28.3 Å². The van der Waals surface area contributed by atoms with E-state index in [2.05, 4.69) is 5.32 Å². The van der Waals surface area contributed by atoms with E-state index in [0.717, 1.165) is 12.2 Å². The molecule has 0 atom stereocenters. The van der Waals surface area contributed by atoms with Crippen LogP contribution in [0.2, 0.25) is 0 Å². The highest BCUT2D eigenvalue weighted by Gasteiger charge is 2.17. The summed E-state index contributed by atoms with van der Waals surface area (Å²) >= 11 is 0. The van der Waals surface area contributed by atoms with Gasteiger partial charge in [0.15, 0.2) is 0 Å². The molecular formula is C12H16N2O3. The highest BCUT2D eigenvalue weighted by atomic mass is 16.6. The normalized spacial score (nSPS) is 15.1. The van der Waals surface area contributed by atoms with E-state index >= 15 is 0 Å². The molecule has 92 valence electrons. The number of methoxy groups -OCH3 is 1. The summed E-state index contributed by atoms with van der Waals surface area (Å²) in [5, 5.41) is 14.0. The van der Waals surface area contributed by atoms with Crippen molar-refractivity contribution in [2.75, 3.05) is 19.0 Å². The lowest BCUT2D eigenvalue weighted by atomic mass is 9.85. The Morgan fingerprint density at radius 2 is 2.24 bits per heavy atom. The fraction of sp³-hybridized carbons (Fsp3) is 0.500. The maximum absolute atomic E-state index is 10.7. The summed E-state index contributed by atoms with van der Waals surface area (Å²) in [6.45, 7) is 0.879. The number of hydrogen-bond donors (Lipinski definition) is 1. The summed E-state index contributed by atoms with van der Waals surface area (Å²) in [7, 11) is 1.51. The minimum absolute atomic E-state index is 0.0560. The number of anilines is 1. The largest absolute Gasteiger partial charge is 0.496 e. The van der Waals surface area contributed by atoms with Crippen molar-refractivity contribution in [3.63, 3.8) is 0 Å². The van der Waals surface area contributed by atoms with Gasteiger partial charge in [-0.2, -0.15) is 0 Å². The summed E-state index contributed by atoms with van der Waals surface area (Å²) in [6, 6.07) is 4.75. The minimum Gasteiger partial charge on any atom is -0.496 e. The lowest BCUT2D eigenvalue weighted by Gasteiger charge is -2.25. The summed E-state index contributed by atoms with van der Waals surface area (Å²) in [5.41, 5.74) is 0.809. The van der Waals surface area contributed by atoms with E-state index in [1.807, 2.05) is 0 Å². The highest BCUT2D eigenvalue weighted by Crippen LogP contribution is 2.29. The van der Waals surface area contributed by atoms with E-state index in [1.165, 1.54) is 32.4 Å². The first-order valence-corrected chi connectivity index (χ1v) is 5.76. The number of rotatable bonds is 5. The van der Waals surface area contributed by atoms with Gasteiger partial charge in [-0.05, 0) is 18.8 Å². The van der Waals surface area contributed by atoms with Crippen LogP contribution in [-0.2, 0) is 0 Å². The first-order valence-electron chi connectivity index (χ1n) is 5.76. The molecule has 0 amide bonds. The number of ether oxygens (including phenoxy) is 1. The molecule has 0 bridgehead atoms. The van der Waals surface area contributed by atoms with Gasteiger partial charge < -0.3 is 10.1 Å². The molecule has 1 aromatic rings. The second-order valence-electron chi connectivity index (χ2n) is 4.35. The third-order valence-electron chi connectivity index (χ3n) is 3.16. The van der Waals surface area contributed by atoms with E-state index in [0.29, 0.717) is 11.7 Å². The molecule has 0 unspecified atom stereocenters. The second kappa shape index (κ2) is 5.03. The molecule has 0 saturated heterocycles. The van der Waals surface area contributed by atoms with Crippen LogP contribution in [0.25, 0.3) is 0 Å². The number of nitro benzene ring substituents is 1. The van der Waals surface area contributed by atoms with Crippen molar-refractivity contribution >= 4 is 11.4 Å². The first kappa shape index (κ1) is 11.7. The average Bonchev–Trinajstić information content (AvgIpc) is 2.26. The van der Waals surface area contributed by atoms with E-state index in [1.54, 1.807) is 12.1 Å². The van der Waals surface area contributed by atoms with Crippen molar-refractivity contribution < 1.29 is 9.66 Å². The molecule has 5 heteroatoms. The SMILES string of the molecule is COc1cc(NCC2CCC2)cc([N+](=O)[O-])c1. The van der Waals surface area contributed by atoms with Gasteiger partial charge in [0.25, 0.3) is 5.69 Å². The smallest absolute Gasteiger partial charge is 0.275 e. The molecule has 1 aromatic carbocycles. The molecule has 17 heavy (non-hydrogen) atoms. The van der Waals surface area contributed by atoms with Crippen LogP contribution >= 0.6 is 0 Å². The van der Waals surface area contributed by atoms with Gasteiger partial charge in [-0.3, -0.25) is 10.1 Å². The third-order valence-corrected chi connectivity index (χ3v) is 3.16. The zero-order chi connectivity index (χ0) is 12.3. The number of non-ortho nitro benzene ring substituents is 1. The van der Waals surface area contributed by atoms with E-state index in [4.69, 9.17) is 4.74 Å². The van der Waals surface area contributed by atoms with Crippen LogP contribution in [-0.4, -0.2) is 18.6 Å². The predicted molar refractivity (Wildman–Crippen MR) is 65.5 cm³/mol. The Hall–Kier alpha value is -1.78. The van der Waals surface area contributed by atoms with Crippen molar-refractivity contribution in [2.45, 2.75) is 19.3 Å². The first-order chi connectivity index (χ1) is 8.19. The van der Waals surface area contributed by atoms with Gasteiger partial charge >= 0.3 is 0 Å². The fourth-order valence-electron chi connectivity index (χ4n) is 1.87. The highest BCUT2D eigenvalue weighted by molar-refractivity contribution is 5.56. The third kappa shape index (κ3) is 2.87. The lowest BCUT2D eigenvalue weighted by molar-refractivity contribution is -0.384. The molecule has 0 spiro atoms. The van der Waals surface area contributed by atoms with Gasteiger partial charge in [-0.15, -0.1) is 0 Å². The fourth-order valence-corrected chi connectivity index (χ4v) is 1.87. The summed E-state index contributed by atoms with van der Waals surface area (Å²) in [6.07, 6.45) is 3.79. The van der Waals surface area contributed by atoms with Crippen molar-refractivity contribution in [2.24, 2.45) is 5.92 Å². The molecule has 1 N–H and O–H groups in total. The van der Waals surface area contributed by atoms with E-state index < -0.39 is 4.92 Å². The Morgan fingerprint density at radius 1 is 1.47 bits per heavy atom. The number of nitrogens with one attached hydrogen (secondary N) is 1. The van der Waals surface area contributed by atoms with Crippen LogP contribution in [0, 0.1) is 16.0 Å². The number of hydrogen-bond acceptors (Lipinski definition) is 4. The monoisotopic (exact) mass is 236 g/mol. The summed E-state index contributed by atoms with van der Waals surface area (Å²) < 4.78 is 5.05. The minimum atomic E-state index is -0.406. The summed E-state index contributed by atoms with van der Waals surface area (Å²) in [5.74, 6) is 1.22. The molecule has 1 aliphatic rings. The second-order valence-corrected chi connectivity index (χ2v) is 4.35. The molecule has 0 radical (unpaired) electrons. The molecule has 0 heterocycles. The zero-order valence-electron chi connectivity index (χ0n) is 9.81. The zero-order valence-corrected chi connectivity index (χ0v) is 9.81. The number of nitrogens with zero attached hydrogens (tertiary/aromatic N) is 1. The Kier molecular flexibility index (Phi) is 3.46. The van der Waals surface area contributed by atoms with Crippen LogP contribution < -0.4 is 10.1 Å². The lowest BCUT2D eigenvalue weighted by Crippen LogP contribution is -2.20. The number of nitro groups is 1. The predicted octanol–water partition coefficient (Wildman–Crippen LogP) is 2.82. The summed E-state index contributed by atoms with van der Waals surface area (Å²) in [4.78, 5) is 10.3. The van der Waals surface area contributed by atoms with Gasteiger partial charge in [0.05, 0.1) is 18.1 Å². The molecule has 5 nitrogen and oxygen atoms in total. The van der Waals surface area contributed by atoms with Gasteiger partial charge in [-0.25, -0.2) is 0 Å². The molecule has 0 aliphatic heterocycles. The maximum atomic E-state index is 10.7. The molecule has 1 aliphatic carbocycles. The quantitative estimate of drug-likeness (QED) is 0.630. The van der Waals surface area contributed by atoms with Crippen LogP contribution in [0.15, 0.2) is 18.2 Å². The maximum Gasteiger partial charge on any atom is 0.275 e. The molecule has 2 rings (SSSR count). The van der Waals surface area contributed by atoms with Crippen molar-refractivity contribution in [1.29, 1.82) is 0 Å². The van der Waals surface area contributed by atoms with Crippen LogP contribution in [0.5, 0.6) is 5.75 Å². The van der Waals surface area contributed by atoms with Crippen molar-refractivity contribution in [3.8, 4) is 5.75 Å². The molecule has 0 aromatic heterocycles. The van der Waals surface area contributed by atoms with Gasteiger partial charge in [0.2, 0.25) is 0 Å². The molecular weight excluding hydrogens is 220 g/mol. The van der Waals surface area contributed by atoms with E-state index in [-0.39, 0.29) is 5.69 Å². The number of benzene rings is 1. The van der Waals surface area contributed by atoms with Crippen LogP contribution in [0.1, 0.15) is 19.3 Å². The van der Waals surface area contributed by atoms with Crippen LogP contribution in [0.3, 0.4) is 0 Å². The Labute approximate surface area is 99.9 Å². The van der Waals surface area contributed by atoms with Crippen molar-refractivity contribution in [1.82, 2.24) is 0 Å². The molecule has 1 saturated carbocycles. The Balaban J connectivity index is 2.08. The van der Waals surface area contributed by atoms with Gasteiger partial charge in [0.1, 0.15) is 5.75 Å². The van der Waals surface area contributed by atoms with E-state index in [9.17, 15) is 10.1 Å². The Morgan fingerprint density at radius 3 is 2.76 bits per heavy atom.